The summed E-state index contributed by atoms with van der Waals surface area (Å²) >= 11 is 0. The van der Waals surface area contributed by atoms with Crippen molar-refractivity contribution in [2.24, 2.45) is 5.92 Å². The second-order valence-electron chi connectivity index (χ2n) is 7.43. The standard InChI is InChI=1S/C21H24N4O/c1-15(2)20(26)17-8-9-19-22-23-21(25(19)14-17)18-10-11-24(13-18)12-16-6-4-3-5-7-16/h3-9,14-15,18H,10-13H2,1-2H3. The number of hydrogen-bond acceptors (Lipinski definition) is 4. The summed E-state index contributed by atoms with van der Waals surface area (Å²) in [6.07, 6.45) is 2.98. The summed E-state index contributed by atoms with van der Waals surface area (Å²) in [5.41, 5.74) is 2.87. The Morgan fingerprint density at radius 1 is 1.15 bits per heavy atom. The Labute approximate surface area is 153 Å². The molecule has 1 atom stereocenters. The summed E-state index contributed by atoms with van der Waals surface area (Å²) in [5.74, 6) is 1.45. The highest BCUT2D eigenvalue weighted by Crippen LogP contribution is 2.27. The van der Waals surface area contributed by atoms with Crippen molar-refractivity contribution in [3.63, 3.8) is 0 Å². The van der Waals surface area contributed by atoms with Crippen LogP contribution in [0.1, 0.15) is 47.9 Å². The minimum absolute atomic E-state index is 0.0137. The first-order valence-corrected chi connectivity index (χ1v) is 9.27. The third kappa shape index (κ3) is 3.27. The lowest BCUT2D eigenvalue weighted by Crippen LogP contribution is -2.20. The summed E-state index contributed by atoms with van der Waals surface area (Å²) in [6.45, 7) is 6.85. The number of hydrogen-bond donors (Lipinski definition) is 0. The zero-order valence-electron chi connectivity index (χ0n) is 15.3. The lowest BCUT2D eigenvalue weighted by atomic mass is 10.0. The van der Waals surface area contributed by atoms with Gasteiger partial charge in [0.1, 0.15) is 5.82 Å². The Kier molecular flexibility index (Phi) is 4.55. The molecule has 1 aromatic carbocycles. The maximum absolute atomic E-state index is 12.3. The Morgan fingerprint density at radius 2 is 1.96 bits per heavy atom. The molecule has 0 saturated carbocycles. The van der Waals surface area contributed by atoms with Gasteiger partial charge in [-0.3, -0.25) is 14.1 Å². The first-order chi connectivity index (χ1) is 12.6. The second-order valence-corrected chi connectivity index (χ2v) is 7.43. The van der Waals surface area contributed by atoms with E-state index in [1.165, 1.54) is 5.56 Å². The number of Topliss-reactive ketones (excluding diaryl/α,β-unsaturated/α-hetero) is 1. The van der Waals surface area contributed by atoms with Gasteiger partial charge < -0.3 is 0 Å². The minimum atomic E-state index is -0.0137. The van der Waals surface area contributed by atoms with Crippen molar-refractivity contribution in [2.75, 3.05) is 13.1 Å². The predicted molar refractivity (Wildman–Crippen MR) is 101 cm³/mol. The van der Waals surface area contributed by atoms with Gasteiger partial charge in [-0.1, -0.05) is 44.2 Å². The zero-order chi connectivity index (χ0) is 18.1. The van der Waals surface area contributed by atoms with Gasteiger partial charge in [-0.15, -0.1) is 10.2 Å². The quantitative estimate of drug-likeness (QED) is 0.662. The van der Waals surface area contributed by atoms with E-state index in [4.69, 9.17) is 0 Å². The molecule has 1 fully saturated rings. The Hall–Kier alpha value is -2.53. The third-order valence-electron chi connectivity index (χ3n) is 5.12. The average Bonchev–Trinajstić information content (AvgIpc) is 3.27. The van der Waals surface area contributed by atoms with Crippen molar-refractivity contribution in [3.8, 4) is 0 Å². The molecule has 0 bridgehead atoms. The van der Waals surface area contributed by atoms with Gasteiger partial charge in [0.05, 0.1) is 0 Å². The highest BCUT2D eigenvalue weighted by Gasteiger charge is 2.28. The average molecular weight is 348 g/mol. The lowest BCUT2D eigenvalue weighted by Gasteiger charge is -2.15. The van der Waals surface area contributed by atoms with Crippen LogP contribution < -0.4 is 0 Å². The number of pyridine rings is 1. The van der Waals surface area contributed by atoms with E-state index in [2.05, 4.69) is 45.4 Å². The minimum Gasteiger partial charge on any atom is -0.298 e. The topological polar surface area (TPSA) is 50.5 Å². The van der Waals surface area contributed by atoms with Crippen molar-refractivity contribution >= 4 is 11.4 Å². The second kappa shape index (κ2) is 7.00. The Morgan fingerprint density at radius 3 is 2.73 bits per heavy atom. The van der Waals surface area contributed by atoms with Crippen LogP contribution >= 0.6 is 0 Å². The van der Waals surface area contributed by atoms with Crippen LogP contribution in [0, 0.1) is 5.92 Å². The summed E-state index contributed by atoms with van der Waals surface area (Å²) in [5, 5.41) is 8.74. The molecular weight excluding hydrogens is 324 g/mol. The van der Waals surface area contributed by atoms with Crippen molar-refractivity contribution in [2.45, 2.75) is 32.7 Å². The van der Waals surface area contributed by atoms with E-state index < -0.39 is 0 Å². The van der Waals surface area contributed by atoms with Gasteiger partial charge in [0.15, 0.2) is 11.4 Å². The van der Waals surface area contributed by atoms with E-state index >= 15 is 0 Å². The van der Waals surface area contributed by atoms with Crippen LogP contribution in [0.15, 0.2) is 48.7 Å². The van der Waals surface area contributed by atoms with E-state index in [1.807, 2.05) is 36.6 Å². The third-order valence-corrected chi connectivity index (χ3v) is 5.12. The summed E-state index contributed by atoms with van der Waals surface area (Å²) in [7, 11) is 0. The van der Waals surface area contributed by atoms with Crippen LogP contribution in [0.2, 0.25) is 0 Å². The lowest BCUT2D eigenvalue weighted by molar-refractivity contribution is 0.0939. The number of carbonyl (C=O) groups is 1. The fourth-order valence-corrected chi connectivity index (χ4v) is 3.69. The fraction of sp³-hybridized carbons (Fsp3) is 0.381. The molecular formula is C21H24N4O. The number of nitrogens with zero attached hydrogens (tertiary/aromatic N) is 4. The van der Waals surface area contributed by atoms with E-state index in [9.17, 15) is 4.79 Å². The molecule has 134 valence electrons. The molecule has 0 N–H and O–H groups in total. The van der Waals surface area contributed by atoms with Crippen LogP contribution in [-0.4, -0.2) is 38.4 Å². The molecule has 4 rings (SSSR count). The zero-order valence-corrected chi connectivity index (χ0v) is 15.3. The van der Waals surface area contributed by atoms with Crippen LogP contribution in [0.25, 0.3) is 5.65 Å². The van der Waals surface area contributed by atoms with Crippen LogP contribution in [0.4, 0.5) is 0 Å². The van der Waals surface area contributed by atoms with Crippen molar-refractivity contribution in [3.05, 3.63) is 65.6 Å². The van der Waals surface area contributed by atoms with Crippen molar-refractivity contribution < 1.29 is 4.79 Å². The van der Waals surface area contributed by atoms with Gasteiger partial charge in [-0.05, 0) is 30.7 Å². The monoisotopic (exact) mass is 348 g/mol. The molecule has 0 amide bonds. The van der Waals surface area contributed by atoms with Gasteiger partial charge in [-0.2, -0.15) is 0 Å². The number of likely N-dealkylation sites (tertiary alicyclic amines) is 1. The highest BCUT2D eigenvalue weighted by atomic mass is 16.1. The molecule has 0 radical (unpaired) electrons. The maximum Gasteiger partial charge on any atom is 0.166 e. The number of benzene rings is 1. The van der Waals surface area contributed by atoms with Gasteiger partial charge in [-0.25, -0.2) is 0 Å². The number of fused-ring (bicyclic) bond motifs is 1. The molecule has 2 aromatic heterocycles. The van der Waals surface area contributed by atoms with E-state index in [0.717, 1.165) is 43.1 Å². The molecule has 1 aliphatic heterocycles. The van der Waals surface area contributed by atoms with E-state index in [1.54, 1.807) is 0 Å². The summed E-state index contributed by atoms with van der Waals surface area (Å²) < 4.78 is 2.01. The molecule has 5 heteroatoms. The maximum atomic E-state index is 12.3. The van der Waals surface area contributed by atoms with E-state index in [0.29, 0.717) is 5.92 Å². The first-order valence-electron chi connectivity index (χ1n) is 9.27. The molecule has 1 saturated heterocycles. The van der Waals surface area contributed by atoms with E-state index in [-0.39, 0.29) is 11.7 Å². The number of carbonyl (C=O) groups excluding carboxylic acids is 1. The number of ketones is 1. The molecule has 0 spiro atoms. The molecule has 3 aromatic rings. The van der Waals surface area contributed by atoms with Crippen LogP contribution in [0.5, 0.6) is 0 Å². The van der Waals surface area contributed by atoms with Crippen molar-refractivity contribution in [1.29, 1.82) is 0 Å². The molecule has 5 nitrogen and oxygen atoms in total. The highest BCUT2D eigenvalue weighted by molar-refractivity contribution is 5.97. The Balaban J connectivity index is 1.55. The fourth-order valence-electron chi connectivity index (χ4n) is 3.69. The van der Waals surface area contributed by atoms with Crippen LogP contribution in [-0.2, 0) is 6.54 Å². The largest absolute Gasteiger partial charge is 0.298 e. The van der Waals surface area contributed by atoms with Crippen LogP contribution in [0.3, 0.4) is 0 Å². The van der Waals surface area contributed by atoms with Gasteiger partial charge in [0.25, 0.3) is 0 Å². The first kappa shape index (κ1) is 16.9. The molecule has 1 aliphatic rings. The number of aromatic nitrogens is 3. The molecule has 1 unspecified atom stereocenters. The molecule has 0 aliphatic carbocycles. The van der Waals surface area contributed by atoms with Crippen molar-refractivity contribution in [1.82, 2.24) is 19.5 Å². The van der Waals surface area contributed by atoms with Gasteiger partial charge >= 0.3 is 0 Å². The summed E-state index contributed by atoms with van der Waals surface area (Å²) in [4.78, 5) is 14.8. The Bertz CT molecular complexity index is 916. The molecule has 3 heterocycles. The molecule has 26 heavy (non-hydrogen) atoms. The summed E-state index contributed by atoms with van der Waals surface area (Å²) in [6, 6.07) is 14.3. The predicted octanol–water partition coefficient (Wildman–Crippen LogP) is 3.56. The SMILES string of the molecule is CC(C)C(=O)c1ccc2nnc(C3CCN(Cc4ccccc4)C3)n2c1. The van der Waals surface area contributed by atoms with Gasteiger partial charge in [0.2, 0.25) is 0 Å². The van der Waals surface area contributed by atoms with Gasteiger partial charge in [0, 0.05) is 36.7 Å². The smallest absolute Gasteiger partial charge is 0.166 e. The number of rotatable bonds is 5. The normalized spacial score (nSPS) is 18.0.